The maximum atomic E-state index is 13.4. The van der Waals surface area contributed by atoms with Crippen LogP contribution in [0.15, 0.2) is 52.5 Å². The highest BCUT2D eigenvalue weighted by Gasteiger charge is 2.17. The van der Waals surface area contributed by atoms with Crippen LogP contribution in [-0.2, 0) is 10.0 Å². The molecule has 0 unspecified atom stereocenters. The average molecular weight is 356 g/mol. The summed E-state index contributed by atoms with van der Waals surface area (Å²) in [5, 5.41) is 0.680. The Labute approximate surface area is 139 Å². The van der Waals surface area contributed by atoms with Crippen molar-refractivity contribution in [1.29, 1.82) is 0 Å². The molecule has 1 aromatic heterocycles. The summed E-state index contributed by atoms with van der Waals surface area (Å²) < 4.78 is 43.7. The van der Waals surface area contributed by atoms with Crippen LogP contribution in [0.25, 0.3) is 0 Å². The molecule has 0 atom stereocenters. The van der Waals surface area contributed by atoms with E-state index < -0.39 is 15.8 Å². The fourth-order valence-electron chi connectivity index (χ4n) is 1.68. The zero-order valence-electron chi connectivity index (χ0n) is 12.8. The topological polar surface area (TPSA) is 59.5 Å². The third-order valence-corrected chi connectivity index (χ3v) is 5.62. The Hall–Kier alpha value is -1.64. The summed E-state index contributed by atoms with van der Waals surface area (Å²) >= 11 is 1.41. The Morgan fingerprint density at radius 2 is 1.96 bits per heavy atom. The van der Waals surface area contributed by atoms with Crippen LogP contribution in [0.5, 0.6) is 5.75 Å². The van der Waals surface area contributed by atoms with Crippen molar-refractivity contribution in [3.05, 3.63) is 48.4 Å². The molecule has 0 saturated heterocycles. The van der Waals surface area contributed by atoms with Gasteiger partial charge in [-0.25, -0.2) is 22.1 Å². The van der Waals surface area contributed by atoms with Crippen LogP contribution in [0, 0.1) is 5.82 Å². The average Bonchev–Trinajstić information content (AvgIpc) is 2.53. The summed E-state index contributed by atoms with van der Waals surface area (Å²) in [5.74, 6) is 0.392. The Morgan fingerprint density at radius 3 is 2.57 bits per heavy atom. The number of halogens is 1. The van der Waals surface area contributed by atoms with Gasteiger partial charge in [-0.3, -0.25) is 0 Å². The number of thioether (sulfide) groups is 1. The van der Waals surface area contributed by atoms with Gasteiger partial charge in [0.05, 0.1) is 11.6 Å². The van der Waals surface area contributed by atoms with E-state index in [1.807, 2.05) is 0 Å². The Kier molecular flexibility index (Phi) is 5.97. The predicted octanol–water partition coefficient (Wildman–Crippen LogP) is 2.64. The first kappa shape index (κ1) is 17.7. The molecule has 124 valence electrons. The highest BCUT2D eigenvalue weighted by Crippen LogP contribution is 2.20. The van der Waals surface area contributed by atoms with E-state index in [1.54, 1.807) is 24.3 Å². The molecule has 0 aliphatic rings. The van der Waals surface area contributed by atoms with Gasteiger partial charge in [0.1, 0.15) is 4.90 Å². The highest BCUT2D eigenvalue weighted by atomic mass is 32.2. The van der Waals surface area contributed by atoms with Crippen molar-refractivity contribution in [2.24, 2.45) is 0 Å². The molecular weight excluding hydrogens is 339 g/mol. The fourth-order valence-corrected chi connectivity index (χ4v) is 3.19. The Balaban J connectivity index is 1.86. The number of nitrogens with zero attached hydrogens (tertiary/aromatic N) is 2. The number of pyridine rings is 1. The van der Waals surface area contributed by atoms with E-state index in [0.717, 1.165) is 4.31 Å². The zero-order chi connectivity index (χ0) is 16.9. The summed E-state index contributed by atoms with van der Waals surface area (Å²) in [6.07, 6.45) is 1.33. The van der Waals surface area contributed by atoms with E-state index in [9.17, 15) is 12.8 Å². The Bertz CT molecular complexity index is 750. The summed E-state index contributed by atoms with van der Waals surface area (Å²) in [5.41, 5.74) is 0. The fraction of sp³-hybridized carbons (Fsp3) is 0.267. The molecule has 0 N–H and O–H groups in total. The molecular formula is C15H17FN2O3S2. The van der Waals surface area contributed by atoms with Crippen LogP contribution in [-0.4, -0.2) is 44.2 Å². The minimum atomic E-state index is -3.46. The van der Waals surface area contributed by atoms with Gasteiger partial charge >= 0.3 is 0 Å². The lowest BCUT2D eigenvalue weighted by molar-refractivity contribution is 0.325. The van der Waals surface area contributed by atoms with Gasteiger partial charge in [-0.05, 0) is 24.3 Å². The third kappa shape index (κ3) is 4.66. The zero-order valence-corrected chi connectivity index (χ0v) is 14.4. The molecule has 23 heavy (non-hydrogen) atoms. The quantitative estimate of drug-likeness (QED) is 0.564. The van der Waals surface area contributed by atoms with Crippen molar-refractivity contribution < 1.29 is 17.5 Å². The van der Waals surface area contributed by atoms with E-state index in [1.165, 1.54) is 44.2 Å². The van der Waals surface area contributed by atoms with Gasteiger partial charge in [-0.15, -0.1) is 11.8 Å². The van der Waals surface area contributed by atoms with Crippen LogP contribution in [0.2, 0.25) is 0 Å². The molecule has 2 rings (SSSR count). The molecule has 1 aromatic carbocycles. The molecule has 1 heterocycles. The van der Waals surface area contributed by atoms with E-state index in [2.05, 4.69) is 4.98 Å². The molecule has 0 amide bonds. The maximum Gasteiger partial charge on any atom is 0.244 e. The molecule has 0 bridgehead atoms. The van der Waals surface area contributed by atoms with Gasteiger partial charge in [0.15, 0.2) is 11.6 Å². The normalized spacial score (nSPS) is 11.7. The lowest BCUT2D eigenvalue weighted by Gasteiger charge is -2.11. The predicted molar refractivity (Wildman–Crippen MR) is 87.7 cm³/mol. The third-order valence-electron chi connectivity index (χ3n) is 2.92. The van der Waals surface area contributed by atoms with Crippen LogP contribution in [0.4, 0.5) is 4.39 Å². The monoisotopic (exact) mass is 356 g/mol. The minimum absolute atomic E-state index is 0.148. The van der Waals surface area contributed by atoms with Crippen LogP contribution in [0.1, 0.15) is 0 Å². The number of rotatable bonds is 7. The van der Waals surface area contributed by atoms with Gasteiger partial charge in [-0.2, -0.15) is 0 Å². The van der Waals surface area contributed by atoms with Crippen LogP contribution >= 0.6 is 11.8 Å². The number of aromatic nitrogens is 1. The lowest BCUT2D eigenvalue weighted by atomic mass is 10.3. The molecule has 2 aromatic rings. The summed E-state index contributed by atoms with van der Waals surface area (Å²) in [6.45, 7) is 0.324. The number of ether oxygens (including phenoxy) is 1. The van der Waals surface area contributed by atoms with Gasteiger partial charge in [0, 0.05) is 26.0 Å². The molecule has 0 spiro atoms. The van der Waals surface area contributed by atoms with E-state index in [0.29, 0.717) is 17.4 Å². The molecule has 0 fully saturated rings. The van der Waals surface area contributed by atoms with E-state index in [4.69, 9.17) is 4.74 Å². The van der Waals surface area contributed by atoms with Crippen molar-refractivity contribution in [3.63, 3.8) is 0 Å². The number of hydrogen-bond donors (Lipinski definition) is 0. The first-order valence-electron chi connectivity index (χ1n) is 6.80. The summed E-state index contributed by atoms with van der Waals surface area (Å²) in [4.78, 5) is 4.26. The first-order valence-corrected chi connectivity index (χ1v) is 9.22. The van der Waals surface area contributed by atoms with Gasteiger partial charge < -0.3 is 4.74 Å². The molecule has 0 aliphatic carbocycles. The summed E-state index contributed by atoms with van der Waals surface area (Å²) in [7, 11) is -0.524. The standard InChI is InChI=1S/C15H17FN2O3S2/c1-18(2)23(19,20)12-7-8-15(17-11-12)22-10-9-21-14-6-4-3-5-13(14)16/h3-8,11H,9-10H2,1-2H3. The molecule has 0 radical (unpaired) electrons. The van der Waals surface area contributed by atoms with Gasteiger partial charge in [-0.1, -0.05) is 12.1 Å². The SMILES string of the molecule is CN(C)S(=O)(=O)c1ccc(SCCOc2ccccc2F)nc1. The van der Waals surface area contributed by atoms with Crippen molar-refractivity contribution >= 4 is 21.8 Å². The number of para-hydroxylation sites is 1. The second-order valence-corrected chi connectivity index (χ2v) is 8.01. The van der Waals surface area contributed by atoms with Crippen molar-refractivity contribution in [3.8, 4) is 5.75 Å². The van der Waals surface area contributed by atoms with Crippen LogP contribution < -0.4 is 4.74 Å². The molecule has 8 heteroatoms. The smallest absolute Gasteiger partial charge is 0.244 e. The number of benzene rings is 1. The molecule has 5 nitrogen and oxygen atoms in total. The van der Waals surface area contributed by atoms with E-state index >= 15 is 0 Å². The van der Waals surface area contributed by atoms with Gasteiger partial charge in [0.25, 0.3) is 0 Å². The number of hydrogen-bond acceptors (Lipinski definition) is 5. The highest BCUT2D eigenvalue weighted by molar-refractivity contribution is 7.99. The van der Waals surface area contributed by atoms with Crippen molar-refractivity contribution in [2.45, 2.75) is 9.92 Å². The largest absolute Gasteiger partial charge is 0.490 e. The first-order chi connectivity index (χ1) is 10.9. The summed E-state index contributed by atoms with van der Waals surface area (Å²) in [6, 6.07) is 9.38. The van der Waals surface area contributed by atoms with E-state index in [-0.39, 0.29) is 10.6 Å². The molecule has 0 saturated carbocycles. The van der Waals surface area contributed by atoms with Crippen molar-refractivity contribution in [1.82, 2.24) is 9.29 Å². The van der Waals surface area contributed by atoms with Crippen LogP contribution in [0.3, 0.4) is 0 Å². The number of sulfonamides is 1. The lowest BCUT2D eigenvalue weighted by Crippen LogP contribution is -2.22. The second-order valence-electron chi connectivity index (χ2n) is 4.75. The minimum Gasteiger partial charge on any atom is -0.490 e. The Morgan fingerprint density at radius 1 is 1.22 bits per heavy atom. The maximum absolute atomic E-state index is 13.4. The molecule has 0 aliphatic heterocycles. The second kappa shape index (κ2) is 7.76. The van der Waals surface area contributed by atoms with Crippen molar-refractivity contribution in [2.75, 3.05) is 26.5 Å². The van der Waals surface area contributed by atoms with Gasteiger partial charge in [0.2, 0.25) is 10.0 Å².